The van der Waals surface area contributed by atoms with Gasteiger partial charge in [-0.25, -0.2) is 8.42 Å². The number of rotatable bonds is 5. The second-order valence-corrected chi connectivity index (χ2v) is 11.9. The van der Waals surface area contributed by atoms with Crippen molar-refractivity contribution < 1.29 is 17.9 Å². The van der Waals surface area contributed by atoms with Crippen molar-refractivity contribution in [2.75, 3.05) is 6.54 Å². The van der Waals surface area contributed by atoms with Crippen LogP contribution in [0, 0.1) is 5.92 Å². The van der Waals surface area contributed by atoms with Gasteiger partial charge in [-0.1, -0.05) is 60.7 Å². The van der Waals surface area contributed by atoms with E-state index in [1.165, 1.54) is 0 Å². The van der Waals surface area contributed by atoms with E-state index < -0.39 is 10.0 Å². The Morgan fingerprint density at radius 1 is 0.943 bits per heavy atom. The molecule has 3 aromatic rings. The van der Waals surface area contributed by atoms with Crippen molar-refractivity contribution in [3.8, 4) is 5.75 Å². The number of piperidine rings is 1. The van der Waals surface area contributed by atoms with Crippen LogP contribution in [0.5, 0.6) is 5.75 Å². The molecule has 1 saturated heterocycles. The summed E-state index contributed by atoms with van der Waals surface area (Å²) >= 11 is 0. The van der Waals surface area contributed by atoms with Crippen LogP contribution in [0.4, 0.5) is 0 Å². The van der Waals surface area contributed by atoms with Crippen LogP contribution in [0.3, 0.4) is 0 Å². The molecule has 35 heavy (non-hydrogen) atoms. The van der Waals surface area contributed by atoms with Gasteiger partial charge < -0.3 is 4.74 Å². The lowest BCUT2D eigenvalue weighted by Gasteiger charge is -2.58. The number of hydrogen-bond donors (Lipinski definition) is 0. The van der Waals surface area contributed by atoms with Crippen LogP contribution < -0.4 is 4.74 Å². The SMILES string of the molecule is O=C1CC[C@H]2[C@H]3Cc4cccc(OCc5ccccc5)c4[C@@]2(CCN3S(=O)(=O)c2ccccc2)C1. The van der Waals surface area contributed by atoms with Crippen LogP contribution in [-0.2, 0) is 33.3 Å². The number of benzene rings is 3. The highest BCUT2D eigenvalue weighted by Gasteiger charge is 2.58. The van der Waals surface area contributed by atoms with E-state index in [0.29, 0.717) is 43.7 Å². The molecule has 0 amide bonds. The number of Topliss-reactive ketones (excluding diaryl/α,β-unsaturated/α-hetero) is 1. The standard InChI is InChI=1S/C29H29NO4S/c31-23-14-15-25-26-18-22-10-7-13-27(34-20-21-8-3-1-4-9-21)28(22)29(25,19-23)16-17-30(26)35(32,33)24-11-5-2-6-12-24/h1-13,25-26H,14-20H2/t25-,26+,29-/m0/s1. The van der Waals surface area contributed by atoms with E-state index >= 15 is 0 Å². The molecular weight excluding hydrogens is 458 g/mol. The zero-order chi connectivity index (χ0) is 24.0. The lowest BCUT2D eigenvalue weighted by atomic mass is 9.52. The first-order valence-corrected chi connectivity index (χ1v) is 13.8. The summed E-state index contributed by atoms with van der Waals surface area (Å²) in [5.74, 6) is 1.20. The Balaban J connectivity index is 1.42. The predicted octanol–water partition coefficient (Wildman–Crippen LogP) is 4.89. The van der Waals surface area contributed by atoms with E-state index in [2.05, 4.69) is 6.07 Å². The maximum Gasteiger partial charge on any atom is 0.243 e. The summed E-state index contributed by atoms with van der Waals surface area (Å²) in [6.45, 7) is 0.877. The molecule has 1 aliphatic heterocycles. The zero-order valence-corrected chi connectivity index (χ0v) is 20.4. The largest absolute Gasteiger partial charge is 0.489 e. The van der Waals surface area contributed by atoms with Crippen molar-refractivity contribution >= 4 is 15.8 Å². The van der Waals surface area contributed by atoms with E-state index in [0.717, 1.165) is 28.9 Å². The van der Waals surface area contributed by atoms with Crippen LogP contribution >= 0.6 is 0 Å². The average molecular weight is 488 g/mol. The maximum absolute atomic E-state index is 13.7. The molecule has 3 aromatic carbocycles. The molecule has 2 bridgehead atoms. The molecule has 2 fully saturated rings. The molecule has 6 heteroatoms. The average Bonchev–Trinajstić information content (AvgIpc) is 2.88. The van der Waals surface area contributed by atoms with Gasteiger partial charge in [0.15, 0.2) is 0 Å². The fraction of sp³-hybridized carbons (Fsp3) is 0.345. The summed E-state index contributed by atoms with van der Waals surface area (Å²) in [4.78, 5) is 13.2. The van der Waals surface area contributed by atoms with Crippen LogP contribution in [0.1, 0.15) is 42.4 Å². The molecule has 0 radical (unpaired) electrons. The summed E-state index contributed by atoms with van der Waals surface area (Å²) in [6.07, 6.45) is 2.97. The van der Waals surface area contributed by atoms with Gasteiger partial charge in [0.05, 0.1) is 4.90 Å². The minimum Gasteiger partial charge on any atom is -0.489 e. The van der Waals surface area contributed by atoms with Crippen molar-refractivity contribution in [3.05, 3.63) is 95.6 Å². The van der Waals surface area contributed by atoms with Crippen molar-refractivity contribution in [1.82, 2.24) is 4.31 Å². The molecule has 0 spiro atoms. The Hall–Kier alpha value is -2.96. The fourth-order valence-corrected chi connectivity index (χ4v) is 8.42. The highest BCUT2D eigenvalue weighted by Crippen LogP contribution is 2.58. The van der Waals surface area contributed by atoms with Crippen molar-refractivity contribution in [2.24, 2.45) is 5.92 Å². The minimum atomic E-state index is -3.62. The molecule has 1 heterocycles. The molecule has 1 saturated carbocycles. The van der Waals surface area contributed by atoms with Crippen molar-refractivity contribution in [1.29, 1.82) is 0 Å². The molecule has 5 nitrogen and oxygen atoms in total. The van der Waals surface area contributed by atoms with E-state index in [4.69, 9.17) is 4.74 Å². The molecule has 180 valence electrons. The van der Waals surface area contributed by atoms with Gasteiger partial charge in [0.25, 0.3) is 0 Å². The van der Waals surface area contributed by atoms with Gasteiger partial charge in [0, 0.05) is 36.4 Å². The smallest absolute Gasteiger partial charge is 0.243 e. The number of carbonyl (C=O) groups is 1. The Morgan fingerprint density at radius 3 is 2.46 bits per heavy atom. The third kappa shape index (κ3) is 3.71. The summed E-state index contributed by atoms with van der Waals surface area (Å²) < 4.78 is 35.5. The van der Waals surface area contributed by atoms with Crippen molar-refractivity contribution in [2.45, 2.75) is 55.1 Å². The van der Waals surface area contributed by atoms with Gasteiger partial charge in [-0.2, -0.15) is 4.31 Å². The van der Waals surface area contributed by atoms with Crippen molar-refractivity contribution in [3.63, 3.8) is 0 Å². The summed E-state index contributed by atoms with van der Waals surface area (Å²) in [5, 5.41) is 0. The van der Waals surface area contributed by atoms with Gasteiger partial charge in [0.2, 0.25) is 10.0 Å². The fourth-order valence-electron chi connectivity index (χ4n) is 6.74. The number of nitrogens with zero attached hydrogens (tertiary/aromatic N) is 1. The molecule has 2 aliphatic carbocycles. The molecular formula is C29H29NO4S. The van der Waals surface area contributed by atoms with E-state index in [-0.39, 0.29) is 23.2 Å². The number of fused-ring (bicyclic) bond motifs is 1. The number of ether oxygens (including phenoxy) is 1. The number of hydrogen-bond acceptors (Lipinski definition) is 4. The Kier molecular flexibility index (Phi) is 5.53. The van der Waals surface area contributed by atoms with E-state index in [1.807, 2.05) is 48.5 Å². The molecule has 3 aliphatic rings. The normalized spacial score (nSPS) is 26.0. The second kappa shape index (κ2) is 8.61. The maximum atomic E-state index is 13.7. The summed E-state index contributed by atoms with van der Waals surface area (Å²) in [5.41, 5.74) is 2.97. The monoisotopic (exact) mass is 487 g/mol. The third-order valence-corrected chi connectivity index (χ3v) is 10.1. The number of sulfonamides is 1. The lowest BCUT2D eigenvalue weighted by molar-refractivity contribution is -0.126. The number of carbonyl (C=O) groups excluding carboxylic acids is 1. The Labute approximate surface area is 206 Å². The lowest BCUT2D eigenvalue weighted by Crippen LogP contribution is -2.63. The van der Waals surface area contributed by atoms with Gasteiger partial charge in [-0.05, 0) is 54.5 Å². The summed E-state index contributed by atoms with van der Waals surface area (Å²) in [7, 11) is -3.62. The first-order valence-electron chi connectivity index (χ1n) is 12.4. The third-order valence-electron chi connectivity index (χ3n) is 8.20. The Morgan fingerprint density at radius 2 is 1.69 bits per heavy atom. The Bertz CT molecular complexity index is 1360. The number of ketones is 1. The van der Waals surface area contributed by atoms with Gasteiger partial charge >= 0.3 is 0 Å². The quantitative estimate of drug-likeness (QED) is 0.514. The van der Waals surface area contributed by atoms with Crippen LogP contribution in [0.25, 0.3) is 0 Å². The van der Waals surface area contributed by atoms with E-state index in [9.17, 15) is 13.2 Å². The van der Waals surface area contributed by atoms with E-state index in [1.54, 1.807) is 28.6 Å². The molecule has 0 N–H and O–H groups in total. The molecule has 3 atom stereocenters. The van der Waals surface area contributed by atoms with Gasteiger partial charge in [-0.3, -0.25) is 4.79 Å². The van der Waals surface area contributed by atoms with Gasteiger partial charge in [0.1, 0.15) is 18.1 Å². The van der Waals surface area contributed by atoms with Crippen LogP contribution in [0.2, 0.25) is 0 Å². The van der Waals surface area contributed by atoms with Crippen LogP contribution in [0.15, 0.2) is 83.8 Å². The molecule has 6 rings (SSSR count). The highest BCUT2D eigenvalue weighted by atomic mass is 32.2. The highest BCUT2D eigenvalue weighted by molar-refractivity contribution is 7.89. The van der Waals surface area contributed by atoms with Gasteiger partial charge in [-0.15, -0.1) is 0 Å². The molecule has 0 unspecified atom stereocenters. The summed E-state index contributed by atoms with van der Waals surface area (Å²) in [6, 6.07) is 24.7. The van der Waals surface area contributed by atoms with Crippen LogP contribution in [-0.4, -0.2) is 31.1 Å². The molecule has 0 aromatic heterocycles. The zero-order valence-electron chi connectivity index (χ0n) is 19.6. The predicted molar refractivity (Wildman–Crippen MR) is 134 cm³/mol. The second-order valence-electron chi connectivity index (χ2n) is 10.0. The first-order chi connectivity index (χ1) is 17.0. The minimum absolute atomic E-state index is 0.0985. The topological polar surface area (TPSA) is 63.7 Å². The first kappa shape index (κ1) is 22.5.